The minimum absolute atomic E-state index is 0.0247. The van der Waals surface area contributed by atoms with Crippen LogP contribution in [0.1, 0.15) is 23.7 Å². The Morgan fingerprint density at radius 1 is 1.59 bits per heavy atom. The number of methoxy groups -OCH3 is 1. The maximum atomic E-state index is 11.8. The summed E-state index contributed by atoms with van der Waals surface area (Å²) >= 11 is 0. The summed E-state index contributed by atoms with van der Waals surface area (Å²) in [5.74, 6) is -0.512. The Morgan fingerprint density at radius 3 is 2.94 bits per heavy atom. The van der Waals surface area contributed by atoms with Gasteiger partial charge in [-0.3, -0.25) is 4.79 Å². The van der Waals surface area contributed by atoms with Gasteiger partial charge in [0.25, 0.3) is 5.91 Å². The maximum Gasteiger partial charge on any atom is 0.255 e. The van der Waals surface area contributed by atoms with Crippen LogP contribution in [0.2, 0.25) is 0 Å². The number of anilines is 1. The molecule has 0 aliphatic rings. The molecule has 0 aliphatic carbocycles. The number of hydrogen-bond donors (Lipinski definition) is 3. The van der Waals surface area contributed by atoms with E-state index in [2.05, 4.69) is 5.32 Å². The fraction of sp³-hybridized carbons (Fsp3) is 0.417. The average molecular weight is 238 g/mol. The zero-order chi connectivity index (χ0) is 12.8. The Kier molecular flexibility index (Phi) is 4.78. The van der Waals surface area contributed by atoms with Gasteiger partial charge in [0.2, 0.25) is 0 Å². The number of aromatic hydroxyl groups is 1. The van der Waals surface area contributed by atoms with E-state index in [1.807, 2.05) is 6.92 Å². The van der Waals surface area contributed by atoms with Crippen LogP contribution in [-0.4, -0.2) is 30.8 Å². The highest BCUT2D eigenvalue weighted by Crippen LogP contribution is 2.24. The smallest absolute Gasteiger partial charge is 0.255 e. The first kappa shape index (κ1) is 13.3. The molecule has 4 N–H and O–H groups in total. The molecule has 0 aliphatic heterocycles. The normalized spacial score (nSPS) is 12.1. The Balaban J connectivity index is 2.67. The Hall–Kier alpha value is -1.75. The average Bonchev–Trinajstić information content (AvgIpc) is 2.29. The second-order valence-corrected chi connectivity index (χ2v) is 3.90. The van der Waals surface area contributed by atoms with Crippen molar-refractivity contribution in [3.05, 3.63) is 23.8 Å². The molecule has 0 saturated carbocycles. The van der Waals surface area contributed by atoms with E-state index in [0.717, 1.165) is 0 Å². The van der Waals surface area contributed by atoms with E-state index in [-0.39, 0.29) is 28.9 Å². The Bertz CT molecular complexity index is 393. The summed E-state index contributed by atoms with van der Waals surface area (Å²) < 4.78 is 4.92. The van der Waals surface area contributed by atoms with Gasteiger partial charge in [-0.2, -0.15) is 0 Å². The highest BCUT2D eigenvalue weighted by Gasteiger charge is 2.14. The van der Waals surface area contributed by atoms with Crippen molar-refractivity contribution in [1.29, 1.82) is 0 Å². The zero-order valence-corrected chi connectivity index (χ0v) is 10.1. The van der Waals surface area contributed by atoms with Gasteiger partial charge in [0.1, 0.15) is 0 Å². The number of benzene rings is 1. The number of carbonyl (C=O) groups excluding carboxylic acids is 1. The maximum absolute atomic E-state index is 11.8. The van der Waals surface area contributed by atoms with Crippen LogP contribution in [0.5, 0.6) is 5.75 Å². The largest absolute Gasteiger partial charge is 0.505 e. The number of rotatable bonds is 5. The molecule has 0 bridgehead atoms. The van der Waals surface area contributed by atoms with Crippen molar-refractivity contribution in [3.63, 3.8) is 0 Å². The molecule has 1 unspecified atom stereocenters. The van der Waals surface area contributed by atoms with E-state index < -0.39 is 0 Å². The molecule has 0 heterocycles. The number of amides is 1. The van der Waals surface area contributed by atoms with Gasteiger partial charge in [-0.25, -0.2) is 0 Å². The lowest BCUT2D eigenvalue weighted by Gasteiger charge is -2.14. The van der Waals surface area contributed by atoms with Crippen LogP contribution in [0, 0.1) is 0 Å². The molecule has 94 valence electrons. The molecule has 0 fully saturated rings. The lowest BCUT2D eigenvalue weighted by atomic mass is 10.1. The number of ether oxygens (including phenoxy) is 1. The highest BCUT2D eigenvalue weighted by atomic mass is 16.5. The number of nitrogen functional groups attached to an aromatic ring is 1. The Morgan fingerprint density at radius 2 is 2.29 bits per heavy atom. The third-order valence-electron chi connectivity index (χ3n) is 2.44. The Labute approximate surface area is 101 Å². The summed E-state index contributed by atoms with van der Waals surface area (Å²) in [6.45, 7) is 2.45. The molecule has 17 heavy (non-hydrogen) atoms. The lowest BCUT2D eigenvalue weighted by molar-refractivity contribution is 0.0927. The van der Waals surface area contributed by atoms with Crippen molar-refractivity contribution in [2.24, 2.45) is 0 Å². The molecule has 5 nitrogen and oxygen atoms in total. The second kappa shape index (κ2) is 6.10. The number of para-hydroxylation sites is 1. The summed E-state index contributed by atoms with van der Waals surface area (Å²) in [6.07, 6.45) is 0.714. The van der Waals surface area contributed by atoms with E-state index in [1.54, 1.807) is 19.2 Å². The van der Waals surface area contributed by atoms with Crippen LogP contribution in [0.4, 0.5) is 5.69 Å². The first-order chi connectivity index (χ1) is 8.06. The van der Waals surface area contributed by atoms with Crippen molar-refractivity contribution in [2.75, 3.05) is 19.5 Å². The van der Waals surface area contributed by atoms with E-state index in [4.69, 9.17) is 10.5 Å². The molecular weight excluding hydrogens is 220 g/mol. The van der Waals surface area contributed by atoms with Crippen LogP contribution < -0.4 is 11.1 Å². The quantitative estimate of drug-likeness (QED) is 0.530. The van der Waals surface area contributed by atoms with Gasteiger partial charge in [0, 0.05) is 19.8 Å². The van der Waals surface area contributed by atoms with Crippen molar-refractivity contribution < 1.29 is 14.6 Å². The number of nitrogens with two attached hydrogens (primary N) is 1. The van der Waals surface area contributed by atoms with E-state index in [0.29, 0.717) is 13.0 Å². The minimum Gasteiger partial charge on any atom is -0.505 e. The van der Waals surface area contributed by atoms with Crippen LogP contribution in [0.3, 0.4) is 0 Å². The molecule has 5 heteroatoms. The summed E-state index contributed by atoms with van der Waals surface area (Å²) in [5.41, 5.74) is 5.91. The number of carbonyl (C=O) groups is 1. The van der Waals surface area contributed by atoms with Crippen LogP contribution in [0.25, 0.3) is 0 Å². The fourth-order valence-corrected chi connectivity index (χ4v) is 1.41. The number of phenolic OH excluding ortho intramolecular Hbond substituents is 1. The number of nitrogens with one attached hydrogen (secondary N) is 1. The SMILES string of the molecule is COCCC(C)NC(=O)c1cccc(N)c1O. The van der Waals surface area contributed by atoms with Crippen molar-refractivity contribution in [1.82, 2.24) is 5.32 Å². The zero-order valence-electron chi connectivity index (χ0n) is 10.1. The molecule has 1 aromatic rings. The standard InChI is InChI=1S/C12H18N2O3/c1-8(6-7-17-2)14-12(16)9-4-3-5-10(13)11(9)15/h3-5,8,15H,6-7,13H2,1-2H3,(H,14,16). The van der Waals surface area contributed by atoms with Crippen molar-refractivity contribution in [3.8, 4) is 5.75 Å². The van der Waals surface area contributed by atoms with E-state index in [9.17, 15) is 9.90 Å². The molecule has 1 amide bonds. The second-order valence-electron chi connectivity index (χ2n) is 3.90. The molecule has 1 aromatic carbocycles. The molecule has 1 atom stereocenters. The monoisotopic (exact) mass is 238 g/mol. The van der Waals surface area contributed by atoms with Gasteiger partial charge in [-0.05, 0) is 25.5 Å². The molecular formula is C12H18N2O3. The van der Waals surface area contributed by atoms with Gasteiger partial charge < -0.3 is 20.9 Å². The molecule has 0 saturated heterocycles. The van der Waals surface area contributed by atoms with Crippen LogP contribution >= 0.6 is 0 Å². The minimum atomic E-state index is -0.335. The van der Waals surface area contributed by atoms with Crippen molar-refractivity contribution in [2.45, 2.75) is 19.4 Å². The van der Waals surface area contributed by atoms with Gasteiger partial charge >= 0.3 is 0 Å². The third kappa shape index (κ3) is 3.64. The summed E-state index contributed by atoms with van der Waals surface area (Å²) in [7, 11) is 1.61. The van der Waals surface area contributed by atoms with Gasteiger partial charge in [-0.1, -0.05) is 6.07 Å². The third-order valence-corrected chi connectivity index (χ3v) is 2.44. The van der Waals surface area contributed by atoms with E-state index >= 15 is 0 Å². The molecule has 0 spiro atoms. The summed E-state index contributed by atoms with van der Waals surface area (Å²) in [5, 5.41) is 12.4. The van der Waals surface area contributed by atoms with Crippen LogP contribution in [0.15, 0.2) is 18.2 Å². The topological polar surface area (TPSA) is 84.6 Å². The number of phenols is 1. The van der Waals surface area contributed by atoms with E-state index in [1.165, 1.54) is 6.07 Å². The molecule has 0 aromatic heterocycles. The first-order valence-electron chi connectivity index (χ1n) is 5.43. The van der Waals surface area contributed by atoms with Crippen LogP contribution in [-0.2, 0) is 4.74 Å². The fourth-order valence-electron chi connectivity index (χ4n) is 1.41. The predicted octanol–water partition coefficient (Wildman–Crippen LogP) is 1.13. The van der Waals surface area contributed by atoms with Gasteiger partial charge in [-0.15, -0.1) is 0 Å². The summed E-state index contributed by atoms with van der Waals surface area (Å²) in [4.78, 5) is 11.8. The first-order valence-corrected chi connectivity index (χ1v) is 5.43. The molecule has 0 radical (unpaired) electrons. The molecule has 1 rings (SSSR count). The lowest BCUT2D eigenvalue weighted by Crippen LogP contribution is -2.33. The van der Waals surface area contributed by atoms with Crippen molar-refractivity contribution >= 4 is 11.6 Å². The highest BCUT2D eigenvalue weighted by molar-refractivity contribution is 5.98. The summed E-state index contributed by atoms with van der Waals surface area (Å²) in [6, 6.07) is 4.68. The van der Waals surface area contributed by atoms with Gasteiger partial charge in [0.15, 0.2) is 5.75 Å². The number of hydrogen-bond acceptors (Lipinski definition) is 4. The predicted molar refractivity (Wildman–Crippen MR) is 65.9 cm³/mol. The van der Waals surface area contributed by atoms with Gasteiger partial charge in [0.05, 0.1) is 11.3 Å².